The third kappa shape index (κ3) is 3.99. The van der Waals surface area contributed by atoms with Gasteiger partial charge in [0, 0.05) is 32.4 Å². The molecule has 0 bridgehead atoms. The molecule has 1 aliphatic heterocycles. The first-order chi connectivity index (χ1) is 12.6. The van der Waals surface area contributed by atoms with Gasteiger partial charge in [0.15, 0.2) is 0 Å². The monoisotopic (exact) mass is 356 g/mol. The van der Waals surface area contributed by atoms with Crippen molar-refractivity contribution in [2.45, 2.75) is 13.0 Å². The van der Waals surface area contributed by atoms with Crippen LogP contribution in [0.1, 0.15) is 17.3 Å². The zero-order chi connectivity index (χ0) is 18.5. The minimum Gasteiger partial charge on any atom is -0.353 e. The van der Waals surface area contributed by atoms with E-state index in [1.54, 1.807) is 24.1 Å². The first kappa shape index (κ1) is 17.8. The van der Waals surface area contributed by atoms with E-state index < -0.39 is 17.8 Å². The number of piperazine rings is 1. The number of nitrogens with zero attached hydrogens (tertiary/aromatic N) is 3. The van der Waals surface area contributed by atoms with Crippen LogP contribution in [0.15, 0.2) is 48.7 Å². The van der Waals surface area contributed by atoms with E-state index in [-0.39, 0.29) is 11.5 Å². The molecule has 1 aromatic carbocycles. The van der Waals surface area contributed by atoms with Crippen LogP contribution in [-0.4, -0.2) is 53.9 Å². The Bertz CT molecular complexity index is 776. The molecule has 6 nitrogen and oxygen atoms in total. The summed E-state index contributed by atoms with van der Waals surface area (Å²) in [7, 11) is 0. The summed E-state index contributed by atoms with van der Waals surface area (Å²) in [6, 6.07) is 10.7. The molecular weight excluding hydrogens is 335 g/mol. The lowest BCUT2D eigenvalue weighted by atomic mass is 10.1. The maximum absolute atomic E-state index is 13.7. The lowest BCUT2D eigenvalue weighted by Crippen LogP contribution is -2.54. The molecular formula is C19H21FN4O2. The number of hydrogen-bond donors (Lipinski definition) is 1. The Morgan fingerprint density at radius 2 is 1.77 bits per heavy atom. The summed E-state index contributed by atoms with van der Waals surface area (Å²) in [5.41, 5.74) is -0.0629. The zero-order valence-electron chi connectivity index (χ0n) is 14.6. The molecule has 0 radical (unpaired) electrons. The molecule has 1 fully saturated rings. The smallest absolute Gasteiger partial charge is 0.254 e. The van der Waals surface area contributed by atoms with E-state index in [0.29, 0.717) is 26.2 Å². The van der Waals surface area contributed by atoms with Crippen LogP contribution in [0, 0.1) is 5.82 Å². The van der Waals surface area contributed by atoms with E-state index in [4.69, 9.17) is 0 Å². The normalized spacial score (nSPS) is 15.5. The molecule has 3 rings (SSSR count). The summed E-state index contributed by atoms with van der Waals surface area (Å²) < 4.78 is 13.7. The molecule has 1 atom stereocenters. The summed E-state index contributed by atoms with van der Waals surface area (Å²) in [5.74, 6) is -0.472. The van der Waals surface area contributed by atoms with Crippen molar-refractivity contribution in [1.82, 2.24) is 15.2 Å². The number of hydrogen-bond acceptors (Lipinski definition) is 4. The second-order valence-electron chi connectivity index (χ2n) is 6.18. The van der Waals surface area contributed by atoms with E-state index in [2.05, 4.69) is 15.2 Å². The van der Waals surface area contributed by atoms with Crippen LogP contribution >= 0.6 is 0 Å². The molecule has 1 saturated heterocycles. The van der Waals surface area contributed by atoms with Crippen LogP contribution in [0.3, 0.4) is 0 Å². The van der Waals surface area contributed by atoms with Gasteiger partial charge in [-0.05, 0) is 31.2 Å². The van der Waals surface area contributed by atoms with Gasteiger partial charge in [0.2, 0.25) is 5.91 Å². The predicted molar refractivity (Wildman–Crippen MR) is 96.4 cm³/mol. The highest BCUT2D eigenvalue weighted by atomic mass is 19.1. The third-order valence-corrected chi connectivity index (χ3v) is 4.40. The van der Waals surface area contributed by atoms with Crippen molar-refractivity contribution < 1.29 is 14.0 Å². The first-order valence-corrected chi connectivity index (χ1v) is 8.56. The molecule has 26 heavy (non-hydrogen) atoms. The number of aromatic nitrogens is 1. The Balaban J connectivity index is 1.55. The molecule has 136 valence electrons. The second-order valence-corrected chi connectivity index (χ2v) is 6.18. The SMILES string of the molecule is C[C@@H](NC(=O)c1ccccc1F)C(=O)N1CCN(c2ccccn2)CC1. The molecule has 7 heteroatoms. The molecule has 2 amide bonds. The van der Waals surface area contributed by atoms with Gasteiger partial charge < -0.3 is 15.1 Å². The van der Waals surface area contributed by atoms with Crippen LogP contribution in [0.25, 0.3) is 0 Å². The molecule has 0 unspecified atom stereocenters. The van der Waals surface area contributed by atoms with Gasteiger partial charge in [0.05, 0.1) is 5.56 Å². The first-order valence-electron chi connectivity index (χ1n) is 8.56. The lowest BCUT2D eigenvalue weighted by molar-refractivity contribution is -0.133. The van der Waals surface area contributed by atoms with Crippen LogP contribution in [0.5, 0.6) is 0 Å². The molecule has 1 N–H and O–H groups in total. The summed E-state index contributed by atoms with van der Waals surface area (Å²) in [5, 5.41) is 2.58. The van der Waals surface area contributed by atoms with Gasteiger partial charge in [-0.1, -0.05) is 18.2 Å². The number of rotatable bonds is 4. The topological polar surface area (TPSA) is 65.5 Å². The van der Waals surface area contributed by atoms with Crippen molar-refractivity contribution in [3.63, 3.8) is 0 Å². The van der Waals surface area contributed by atoms with Crippen molar-refractivity contribution in [3.05, 3.63) is 60.0 Å². The Labute approximate surface area is 151 Å². The summed E-state index contributed by atoms with van der Waals surface area (Å²) in [6.07, 6.45) is 1.74. The number of nitrogens with one attached hydrogen (secondary N) is 1. The minimum atomic E-state index is -0.719. The average molecular weight is 356 g/mol. The van der Waals surface area contributed by atoms with Gasteiger partial charge in [0.1, 0.15) is 17.7 Å². The van der Waals surface area contributed by atoms with E-state index in [9.17, 15) is 14.0 Å². The molecule has 0 spiro atoms. The summed E-state index contributed by atoms with van der Waals surface area (Å²) in [6.45, 7) is 4.07. The van der Waals surface area contributed by atoms with Gasteiger partial charge in [-0.15, -0.1) is 0 Å². The van der Waals surface area contributed by atoms with E-state index in [0.717, 1.165) is 5.82 Å². The van der Waals surface area contributed by atoms with Crippen LogP contribution in [0.4, 0.5) is 10.2 Å². The fraction of sp³-hybridized carbons (Fsp3) is 0.316. The Morgan fingerprint density at radius 1 is 1.08 bits per heavy atom. The molecule has 1 aromatic heterocycles. The van der Waals surface area contributed by atoms with Crippen LogP contribution in [-0.2, 0) is 4.79 Å². The fourth-order valence-electron chi connectivity index (χ4n) is 2.95. The van der Waals surface area contributed by atoms with Crippen molar-refractivity contribution in [2.75, 3.05) is 31.1 Å². The number of amides is 2. The third-order valence-electron chi connectivity index (χ3n) is 4.40. The van der Waals surface area contributed by atoms with Gasteiger partial charge in [-0.25, -0.2) is 9.37 Å². The number of pyridine rings is 1. The maximum atomic E-state index is 13.7. The van der Waals surface area contributed by atoms with E-state index in [1.165, 1.54) is 18.2 Å². The minimum absolute atomic E-state index is 0.0629. The lowest BCUT2D eigenvalue weighted by Gasteiger charge is -2.36. The van der Waals surface area contributed by atoms with Gasteiger partial charge in [-0.2, -0.15) is 0 Å². The highest BCUT2D eigenvalue weighted by Gasteiger charge is 2.26. The molecule has 1 aliphatic rings. The van der Waals surface area contributed by atoms with Crippen molar-refractivity contribution in [2.24, 2.45) is 0 Å². The predicted octanol–water partition coefficient (Wildman–Crippen LogP) is 1.69. The number of carbonyl (C=O) groups excluding carboxylic acids is 2. The van der Waals surface area contributed by atoms with Crippen LogP contribution in [0.2, 0.25) is 0 Å². The molecule has 2 heterocycles. The highest BCUT2D eigenvalue weighted by molar-refractivity contribution is 5.97. The second kappa shape index (κ2) is 7.95. The average Bonchev–Trinajstić information content (AvgIpc) is 2.68. The van der Waals surface area contributed by atoms with Crippen molar-refractivity contribution in [1.29, 1.82) is 0 Å². The molecule has 0 saturated carbocycles. The zero-order valence-corrected chi connectivity index (χ0v) is 14.6. The standard InChI is InChI=1S/C19H21FN4O2/c1-14(22-18(25)15-6-2-3-7-16(15)20)19(26)24-12-10-23(11-13-24)17-8-4-5-9-21-17/h2-9,14H,10-13H2,1H3,(H,22,25)/t14-/m1/s1. The number of benzene rings is 1. The maximum Gasteiger partial charge on any atom is 0.254 e. The van der Waals surface area contributed by atoms with Gasteiger partial charge in [-0.3, -0.25) is 9.59 Å². The van der Waals surface area contributed by atoms with E-state index >= 15 is 0 Å². The number of carbonyl (C=O) groups is 2. The van der Waals surface area contributed by atoms with Gasteiger partial charge >= 0.3 is 0 Å². The number of anilines is 1. The highest BCUT2D eigenvalue weighted by Crippen LogP contribution is 2.13. The van der Waals surface area contributed by atoms with Gasteiger partial charge in [0.25, 0.3) is 5.91 Å². The van der Waals surface area contributed by atoms with E-state index in [1.807, 2.05) is 18.2 Å². The Morgan fingerprint density at radius 3 is 2.42 bits per heavy atom. The quantitative estimate of drug-likeness (QED) is 0.905. The molecule has 2 aromatic rings. The number of halogens is 1. The Hall–Kier alpha value is -2.96. The fourth-order valence-corrected chi connectivity index (χ4v) is 2.95. The van der Waals surface area contributed by atoms with Crippen molar-refractivity contribution >= 4 is 17.6 Å². The largest absolute Gasteiger partial charge is 0.353 e. The summed E-state index contributed by atoms with van der Waals surface area (Å²) in [4.78, 5) is 32.9. The summed E-state index contributed by atoms with van der Waals surface area (Å²) >= 11 is 0. The van der Waals surface area contributed by atoms with Crippen molar-refractivity contribution in [3.8, 4) is 0 Å². The molecule has 0 aliphatic carbocycles. The van der Waals surface area contributed by atoms with Crippen LogP contribution < -0.4 is 10.2 Å². The Kier molecular flexibility index (Phi) is 5.46.